The second-order valence-corrected chi connectivity index (χ2v) is 17.6. The van der Waals surface area contributed by atoms with E-state index in [0.717, 1.165) is 57.8 Å². The summed E-state index contributed by atoms with van der Waals surface area (Å²) in [5, 5.41) is 0. The lowest BCUT2D eigenvalue weighted by atomic mass is 10.0. The van der Waals surface area contributed by atoms with Gasteiger partial charge in [0.25, 0.3) is 0 Å². The first kappa shape index (κ1) is 54.8. The van der Waals surface area contributed by atoms with E-state index in [2.05, 4.69) is 25.7 Å². The molecule has 0 spiro atoms. The zero-order chi connectivity index (χ0) is 43.2. The number of hydrogen-bond acceptors (Lipinski definition) is 10. The van der Waals surface area contributed by atoms with Gasteiger partial charge in [-0.2, -0.15) is 0 Å². The van der Waals surface area contributed by atoms with Gasteiger partial charge in [-0.25, -0.2) is 0 Å². The summed E-state index contributed by atoms with van der Waals surface area (Å²) in [6.07, 6.45) is 32.4. The van der Waals surface area contributed by atoms with Crippen LogP contribution in [0, 0.1) is 0 Å². The average molecular weight is 837 g/mol. The highest BCUT2D eigenvalue weighted by Crippen LogP contribution is 2.24. The Hall–Kier alpha value is -2.20. The number of likely N-dealkylation sites (tertiary alicyclic amines) is 1. The van der Waals surface area contributed by atoms with E-state index < -0.39 is 6.04 Å². The molecule has 0 aliphatic carbocycles. The predicted octanol–water partition coefficient (Wildman–Crippen LogP) is 11.7. The van der Waals surface area contributed by atoms with Gasteiger partial charge >= 0.3 is 23.9 Å². The van der Waals surface area contributed by atoms with E-state index in [1.807, 2.05) is 19.0 Å². The summed E-state index contributed by atoms with van der Waals surface area (Å²) in [7, 11) is 3.84. The molecule has 2 atom stereocenters. The monoisotopic (exact) mass is 837 g/mol. The summed E-state index contributed by atoms with van der Waals surface area (Å²) in [6.45, 7) is 9.20. The van der Waals surface area contributed by atoms with Crippen molar-refractivity contribution in [1.82, 2.24) is 9.80 Å². The number of carbonyl (C=O) groups excluding carboxylic acids is 4. The molecule has 0 aromatic carbocycles. The molecule has 1 saturated heterocycles. The minimum atomic E-state index is -0.488. The van der Waals surface area contributed by atoms with Crippen LogP contribution in [0.15, 0.2) is 0 Å². The second kappa shape index (κ2) is 38.7. The fraction of sp³-hybridized carbons (Fsp3) is 0.918. The van der Waals surface area contributed by atoms with Gasteiger partial charge in [0.1, 0.15) is 18.2 Å². The van der Waals surface area contributed by atoms with Crippen molar-refractivity contribution < 1.29 is 38.1 Å². The number of hydrogen-bond donors (Lipinski definition) is 0. The Bertz CT molecular complexity index is 1020. The van der Waals surface area contributed by atoms with Gasteiger partial charge in [0.2, 0.25) is 0 Å². The first-order valence-electron chi connectivity index (χ1n) is 24.8. The number of ether oxygens (including phenoxy) is 4. The Morgan fingerprint density at radius 3 is 1.59 bits per heavy atom. The quantitative estimate of drug-likeness (QED) is 0.0335. The minimum Gasteiger partial charge on any atom is -0.466 e. The summed E-state index contributed by atoms with van der Waals surface area (Å²) in [6, 6.07) is -0.488. The van der Waals surface area contributed by atoms with Gasteiger partial charge in [-0.15, -0.1) is 0 Å². The van der Waals surface area contributed by atoms with E-state index in [0.29, 0.717) is 64.8 Å². The third-order valence-corrected chi connectivity index (χ3v) is 11.6. The van der Waals surface area contributed by atoms with Crippen molar-refractivity contribution in [2.45, 2.75) is 244 Å². The lowest BCUT2D eigenvalue weighted by Gasteiger charge is -2.22. The molecule has 1 unspecified atom stereocenters. The molecule has 1 heterocycles. The van der Waals surface area contributed by atoms with E-state index in [1.54, 1.807) is 0 Å². The number of carbonyl (C=O) groups is 4. The van der Waals surface area contributed by atoms with Gasteiger partial charge in [-0.1, -0.05) is 143 Å². The summed E-state index contributed by atoms with van der Waals surface area (Å²) in [5.74, 6) is -0.846. The Labute approximate surface area is 362 Å². The molecule has 0 amide bonds. The van der Waals surface area contributed by atoms with Gasteiger partial charge in [0.05, 0.1) is 19.6 Å². The van der Waals surface area contributed by atoms with Crippen LogP contribution in [0.25, 0.3) is 0 Å². The number of esters is 4. The first-order chi connectivity index (χ1) is 28.7. The molecule has 0 aromatic rings. The molecule has 0 aromatic heterocycles. The first-order valence-corrected chi connectivity index (χ1v) is 24.8. The second-order valence-electron chi connectivity index (χ2n) is 17.6. The van der Waals surface area contributed by atoms with Crippen molar-refractivity contribution in [2.75, 3.05) is 46.9 Å². The van der Waals surface area contributed by atoms with Crippen LogP contribution < -0.4 is 0 Å². The van der Waals surface area contributed by atoms with Crippen molar-refractivity contribution in [3.8, 4) is 0 Å². The van der Waals surface area contributed by atoms with Crippen LogP contribution in [0.2, 0.25) is 0 Å². The van der Waals surface area contributed by atoms with Gasteiger partial charge in [0, 0.05) is 32.4 Å². The lowest BCUT2D eigenvalue weighted by molar-refractivity contribution is -0.151. The van der Waals surface area contributed by atoms with Crippen molar-refractivity contribution in [3.05, 3.63) is 0 Å². The normalized spacial score (nSPS) is 15.6. The molecular formula is C49H92N2O8. The molecule has 346 valence electrons. The SMILES string of the molecule is CCCCCCCCCCCOC(=O)CCCCCN1CC(OC(=O)CCN(C)C)C[C@H]1C(=O)OCCCCC(=O)OC(CCCCCCCC)CCCCCCCC. The molecule has 1 aliphatic heterocycles. The van der Waals surface area contributed by atoms with E-state index >= 15 is 0 Å². The maximum Gasteiger partial charge on any atom is 0.323 e. The number of unbranched alkanes of at least 4 members (excludes halogenated alkanes) is 21. The molecular weight excluding hydrogens is 745 g/mol. The number of rotatable bonds is 41. The molecule has 0 N–H and O–H groups in total. The lowest BCUT2D eigenvalue weighted by Crippen LogP contribution is -2.38. The Morgan fingerprint density at radius 1 is 0.542 bits per heavy atom. The van der Waals surface area contributed by atoms with Gasteiger partial charge < -0.3 is 23.8 Å². The number of nitrogens with zero attached hydrogens (tertiary/aromatic N) is 2. The van der Waals surface area contributed by atoms with Crippen LogP contribution >= 0.6 is 0 Å². The molecule has 59 heavy (non-hydrogen) atoms. The van der Waals surface area contributed by atoms with Crippen molar-refractivity contribution in [1.29, 1.82) is 0 Å². The van der Waals surface area contributed by atoms with Gasteiger partial charge in [0.15, 0.2) is 0 Å². The van der Waals surface area contributed by atoms with Crippen LogP contribution in [-0.4, -0.2) is 98.9 Å². The van der Waals surface area contributed by atoms with Crippen LogP contribution in [0.3, 0.4) is 0 Å². The zero-order valence-corrected chi connectivity index (χ0v) is 39.1. The minimum absolute atomic E-state index is 0.000789. The van der Waals surface area contributed by atoms with E-state index in [9.17, 15) is 19.2 Å². The third kappa shape index (κ3) is 32.2. The molecule has 1 rings (SSSR count). The third-order valence-electron chi connectivity index (χ3n) is 11.6. The zero-order valence-electron chi connectivity index (χ0n) is 39.1. The standard InChI is InChI=1S/C49H92N2O8/c1-6-9-12-15-18-19-20-23-30-39-56-46(52)34-27-24-29-37-51-42-44(59-48(54)36-38-50(4)5)41-45(51)49(55)57-40-31-28-35-47(53)58-43(32-25-21-16-13-10-7-2)33-26-22-17-14-11-8-3/h43-45H,6-42H2,1-5H3/t44?,45-/m0/s1. The average Bonchev–Trinajstić information content (AvgIpc) is 3.61. The maximum absolute atomic E-state index is 13.4. The smallest absolute Gasteiger partial charge is 0.323 e. The highest BCUT2D eigenvalue weighted by Gasteiger charge is 2.39. The molecule has 0 saturated carbocycles. The fourth-order valence-corrected chi connectivity index (χ4v) is 7.88. The Morgan fingerprint density at radius 2 is 1.02 bits per heavy atom. The van der Waals surface area contributed by atoms with Crippen LogP contribution in [0.4, 0.5) is 0 Å². The van der Waals surface area contributed by atoms with Gasteiger partial charge in [-0.05, 0) is 78.4 Å². The fourth-order valence-electron chi connectivity index (χ4n) is 7.88. The summed E-state index contributed by atoms with van der Waals surface area (Å²) < 4.78 is 23.0. The summed E-state index contributed by atoms with van der Waals surface area (Å²) in [4.78, 5) is 55.1. The Kier molecular flexibility index (Phi) is 36.0. The molecule has 0 bridgehead atoms. The van der Waals surface area contributed by atoms with E-state index in [1.165, 1.54) is 109 Å². The molecule has 10 heteroatoms. The molecule has 0 radical (unpaired) electrons. The molecule has 10 nitrogen and oxygen atoms in total. The molecule has 1 fully saturated rings. The van der Waals surface area contributed by atoms with Crippen molar-refractivity contribution >= 4 is 23.9 Å². The predicted molar refractivity (Wildman–Crippen MR) is 240 cm³/mol. The maximum atomic E-state index is 13.4. The van der Waals surface area contributed by atoms with Gasteiger partial charge in [-0.3, -0.25) is 24.1 Å². The highest BCUT2D eigenvalue weighted by molar-refractivity contribution is 5.76. The van der Waals surface area contributed by atoms with E-state index in [-0.39, 0.29) is 42.7 Å². The topological polar surface area (TPSA) is 112 Å². The van der Waals surface area contributed by atoms with Crippen molar-refractivity contribution in [2.24, 2.45) is 0 Å². The van der Waals surface area contributed by atoms with Crippen LogP contribution in [0.1, 0.15) is 226 Å². The highest BCUT2D eigenvalue weighted by atomic mass is 16.6. The van der Waals surface area contributed by atoms with Crippen LogP contribution in [-0.2, 0) is 38.1 Å². The Balaban J connectivity index is 2.47. The summed E-state index contributed by atoms with van der Waals surface area (Å²) >= 11 is 0. The summed E-state index contributed by atoms with van der Waals surface area (Å²) in [5.41, 5.74) is 0. The molecule has 1 aliphatic rings. The van der Waals surface area contributed by atoms with Crippen molar-refractivity contribution in [3.63, 3.8) is 0 Å². The van der Waals surface area contributed by atoms with Crippen LogP contribution in [0.5, 0.6) is 0 Å². The van der Waals surface area contributed by atoms with E-state index in [4.69, 9.17) is 18.9 Å². The largest absolute Gasteiger partial charge is 0.466 e.